The molecule has 1 unspecified atom stereocenters. The van der Waals surface area contributed by atoms with E-state index in [0.717, 1.165) is 28.0 Å². The number of likely N-dealkylation sites (tertiary alicyclic amines) is 1. The summed E-state index contributed by atoms with van der Waals surface area (Å²) in [5, 5.41) is 15.8. The molecule has 7 nitrogen and oxygen atoms in total. The highest BCUT2D eigenvalue weighted by Crippen LogP contribution is 2.44. The molecule has 178 valence electrons. The molecule has 0 saturated carbocycles. The van der Waals surface area contributed by atoms with Crippen LogP contribution in [0.1, 0.15) is 62.2 Å². The largest absolute Gasteiger partial charge is 0.493 e. The van der Waals surface area contributed by atoms with Gasteiger partial charge in [0.15, 0.2) is 5.65 Å². The van der Waals surface area contributed by atoms with Gasteiger partial charge in [-0.2, -0.15) is 5.10 Å². The third kappa shape index (κ3) is 4.44. The first-order valence-electron chi connectivity index (χ1n) is 11.3. The van der Waals surface area contributed by atoms with Gasteiger partial charge in [0.25, 0.3) is 0 Å². The molecule has 0 aliphatic carbocycles. The molecule has 9 heteroatoms. The molecule has 3 aromatic rings. The second kappa shape index (κ2) is 8.81. The van der Waals surface area contributed by atoms with Crippen LogP contribution < -0.4 is 4.74 Å². The summed E-state index contributed by atoms with van der Waals surface area (Å²) in [4.78, 5) is 10.9. The van der Waals surface area contributed by atoms with E-state index in [-0.39, 0.29) is 17.0 Å². The number of hydrogen-bond acceptors (Lipinski definition) is 6. The minimum Gasteiger partial charge on any atom is -0.493 e. The Kier molecular flexibility index (Phi) is 6.37. The van der Waals surface area contributed by atoms with E-state index >= 15 is 4.39 Å². The minimum atomic E-state index is -0.806. The second-order valence-electron chi connectivity index (χ2n) is 9.50. The summed E-state index contributed by atoms with van der Waals surface area (Å²) < 4.78 is 23.2. The van der Waals surface area contributed by atoms with E-state index in [1.807, 2.05) is 32.4 Å². The van der Waals surface area contributed by atoms with Crippen molar-refractivity contribution in [2.45, 2.75) is 59.1 Å². The van der Waals surface area contributed by atoms with Crippen LogP contribution in [0.2, 0.25) is 5.02 Å². The van der Waals surface area contributed by atoms with E-state index in [9.17, 15) is 5.11 Å². The van der Waals surface area contributed by atoms with Crippen molar-refractivity contribution in [3.63, 3.8) is 0 Å². The molecule has 1 fully saturated rings. The predicted octanol–water partition coefficient (Wildman–Crippen LogP) is 4.41. The molecule has 1 aliphatic heterocycles. The zero-order valence-electron chi connectivity index (χ0n) is 20.0. The van der Waals surface area contributed by atoms with Crippen LogP contribution in [0.5, 0.6) is 5.75 Å². The minimum absolute atomic E-state index is 0.0650. The highest BCUT2D eigenvalue weighted by Gasteiger charge is 2.37. The first-order valence-corrected chi connectivity index (χ1v) is 11.6. The van der Waals surface area contributed by atoms with Gasteiger partial charge in [0.2, 0.25) is 0 Å². The van der Waals surface area contributed by atoms with E-state index in [4.69, 9.17) is 21.4 Å². The molecular weight excluding hydrogens is 445 g/mol. The van der Waals surface area contributed by atoms with Crippen LogP contribution >= 0.6 is 11.6 Å². The van der Waals surface area contributed by atoms with Crippen molar-refractivity contribution in [2.75, 3.05) is 26.2 Å². The fourth-order valence-electron chi connectivity index (χ4n) is 4.78. The summed E-state index contributed by atoms with van der Waals surface area (Å²) in [6.45, 7) is 13.5. The van der Waals surface area contributed by atoms with Crippen LogP contribution in [0, 0.1) is 19.7 Å². The number of aromatic nitrogens is 4. The lowest BCUT2D eigenvalue weighted by Crippen LogP contribution is -2.51. The number of hydrogen-bond donors (Lipinski definition) is 1. The van der Waals surface area contributed by atoms with E-state index in [0.29, 0.717) is 37.6 Å². The van der Waals surface area contributed by atoms with E-state index in [1.54, 1.807) is 19.9 Å². The van der Waals surface area contributed by atoms with Crippen molar-refractivity contribution in [1.82, 2.24) is 24.6 Å². The summed E-state index contributed by atoms with van der Waals surface area (Å²) in [6.07, 6.45) is 1.53. The van der Waals surface area contributed by atoms with Gasteiger partial charge in [-0.1, -0.05) is 11.6 Å². The Bertz CT molecular complexity index is 1180. The number of β-amino-alcohol motifs (C(OH)–C–C–N with tert-alkyl or cyclic N) is 1. The van der Waals surface area contributed by atoms with Crippen LogP contribution in [-0.4, -0.2) is 61.6 Å². The molecule has 0 amide bonds. The summed E-state index contributed by atoms with van der Waals surface area (Å²) in [6, 6.07) is 1.35. The SMILES string of the molecule is CCOc1c(C(C)n2nc(C)c3c(C)ncnc32)cc(Cl)c(F)c1C1CN(CC(C)(C)O)C1. The van der Waals surface area contributed by atoms with E-state index in [2.05, 4.69) is 14.9 Å². The summed E-state index contributed by atoms with van der Waals surface area (Å²) >= 11 is 6.40. The average molecular weight is 476 g/mol. The van der Waals surface area contributed by atoms with Gasteiger partial charge in [-0.25, -0.2) is 19.0 Å². The Labute approximate surface area is 198 Å². The predicted molar refractivity (Wildman–Crippen MR) is 127 cm³/mol. The molecule has 1 atom stereocenters. The van der Waals surface area contributed by atoms with E-state index < -0.39 is 11.4 Å². The summed E-state index contributed by atoms with van der Waals surface area (Å²) in [7, 11) is 0. The van der Waals surface area contributed by atoms with Crippen LogP contribution in [0.4, 0.5) is 4.39 Å². The fourth-order valence-corrected chi connectivity index (χ4v) is 5.00. The number of nitrogens with zero attached hydrogens (tertiary/aromatic N) is 5. The molecule has 0 spiro atoms. The second-order valence-corrected chi connectivity index (χ2v) is 9.91. The lowest BCUT2D eigenvalue weighted by molar-refractivity contribution is 0.00657. The molecule has 33 heavy (non-hydrogen) atoms. The monoisotopic (exact) mass is 475 g/mol. The maximum Gasteiger partial charge on any atom is 0.162 e. The summed E-state index contributed by atoms with van der Waals surface area (Å²) in [5.74, 6) is 0.00904. The molecular formula is C24H31ClFN5O2. The van der Waals surface area contributed by atoms with Gasteiger partial charge in [0.05, 0.1) is 40.0 Å². The van der Waals surface area contributed by atoms with Crippen LogP contribution in [-0.2, 0) is 0 Å². The van der Waals surface area contributed by atoms with Gasteiger partial charge in [0, 0.05) is 36.7 Å². The van der Waals surface area contributed by atoms with Crippen molar-refractivity contribution in [2.24, 2.45) is 0 Å². The molecule has 1 N–H and O–H groups in total. The van der Waals surface area contributed by atoms with Gasteiger partial charge >= 0.3 is 0 Å². The molecule has 1 saturated heterocycles. The van der Waals surface area contributed by atoms with Gasteiger partial charge in [-0.3, -0.25) is 4.90 Å². The number of ether oxygens (including phenoxy) is 1. The number of rotatable bonds is 7. The molecule has 1 aromatic carbocycles. The summed E-state index contributed by atoms with van der Waals surface area (Å²) in [5.41, 5.74) is 2.87. The zero-order chi connectivity index (χ0) is 24.1. The van der Waals surface area contributed by atoms with Crippen molar-refractivity contribution >= 4 is 22.6 Å². The maximum absolute atomic E-state index is 15.4. The number of fused-ring (bicyclic) bond motifs is 1. The first-order chi connectivity index (χ1) is 15.5. The first kappa shape index (κ1) is 23.9. The van der Waals surface area contributed by atoms with Gasteiger partial charge < -0.3 is 9.84 Å². The number of aryl methyl sites for hydroxylation is 2. The van der Waals surface area contributed by atoms with E-state index in [1.165, 1.54) is 6.33 Å². The van der Waals surface area contributed by atoms with Crippen molar-refractivity contribution in [1.29, 1.82) is 0 Å². The Balaban J connectivity index is 1.78. The average Bonchev–Trinajstić information content (AvgIpc) is 3.05. The lowest BCUT2D eigenvalue weighted by Gasteiger charge is -2.43. The molecule has 0 bridgehead atoms. The number of halogens is 2. The van der Waals surface area contributed by atoms with Crippen LogP contribution in [0.15, 0.2) is 12.4 Å². The third-order valence-corrected chi connectivity index (χ3v) is 6.45. The Morgan fingerprint density at radius 3 is 2.61 bits per heavy atom. The molecule has 2 aromatic heterocycles. The standard InChI is InChI=1S/C24H31ClFN5O2/c1-7-33-22-17(15(4)31-23-19(14(3)29-31)13(2)27-12-28-23)8-18(25)21(26)20(22)16-9-30(10-16)11-24(5,6)32/h8,12,15-16,32H,7,9-11H2,1-6H3. The Morgan fingerprint density at radius 1 is 1.27 bits per heavy atom. The molecule has 1 aliphatic rings. The van der Waals surface area contributed by atoms with Gasteiger partial charge in [0.1, 0.15) is 17.9 Å². The lowest BCUT2D eigenvalue weighted by atomic mass is 9.87. The zero-order valence-corrected chi connectivity index (χ0v) is 20.7. The third-order valence-electron chi connectivity index (χ3n) is 6.17. The quantitative estimate of drug-likeness (QED) is 0.545. The normalized spacial score (nSPS) is 16.3. The Hall–Kier alpha value is -2.29. The molecule has 4 rings (SSSR count). The van der Waals surface area contributed by atoms with Crippen LogP contribution in [0.3, 0.4) is 0 Å². The smallest absolute Gasteiger partial charge is 0.162 e. The highest BCUT2D eigenvalue weighted by molar-refractivity contribution is 6.31. The van der Waals surface area contributed by atoms with Gasteiger partial charge in [-0.15, -0.1) is 0 Å². The van der Waals surface area contributed by atoms with Crippen LogP contribution in [0.25, 0.3) is 11.0 Å². The van der Waals surface area contributed by atoms with Crippen molar-refractivity contribution < 1.29 is 14.2 Å². The number of aliphatic hydroxyl groups is 1. The maximum atomic E-state index is 15.4. The van der Waals surface area contributed by atoms with Crippen molar-refractivity contribution in [3.8, 4) is 5.75 Å². The molecule has 0 radical (unpaired) electrons. The topological polar surface area (TPSA) is 76.3 Å². The van der Waals surface area contributed by atoms with Gasteiger partial charge in [-0.05, 0) is 47.6 Å². The Morgan fingerprint density at radius 2 is 1.97 bits per heavy atom. The molecule has 3 heterocycles. The highest BCUT2D eigenvalue weighted by atomic mass is 35.5. The number of benzene rings is 1. The van der Waals surface area contributed by atoms with Crippen molar-refractivity contribution in [3.05, 3.63) is 45.7 Å². The fraction of sp³-hybridized carbons (Fsp3) is 0.542.